The van der Waals surface area contributed by atoms with Gasteiger partial charge in [0.1, 0.15) is 5.75 Å². The van der Waals surface area contributed by atoms with E-state index in [-0.39, 0.29) is 6.04 Å². The topological polar surface area (TPSA) is 34.4 Å². The summed E-state index contributed by atoms with van der Waals surface area (Å²) in [7, 11) is 0. The van der Waals surface area contributed by atoms with Gasteiger partial charge in [-0.05, 0) is 37.4 Å². The minimum atomic E-state index is 0.141. The molecule has 0 saturated carbocycles. The first-order valence-electron chi connectivity index (χ1n) is 7.40. The summed E-state index contributed by atoms with van der Waals surface area (Å²) >= 11 is 0. The Labute approximate surface area is 119 Å². The van der Waals surface area contributed by atoms with Crippen LogP contribution in [0.3, 0.4) is 0 Å². The highest BCUT2D eigenvalue weighted by molar-refractivity contribution is 5.47. The average Bonchev–Trinajstić information content (AvgIpc) is 3.02. The lowest BCUT2D eigenvalue weighted by atomic mass is 9.95. The maximum atomic E-state index is 5.94. The minimum absolute atomic E-state index is 0.141. The van der Waals surface area contributed by atoms with Gasteiger partial charge < -0.3 is 14.5 Å². The molecule has 0 fully saturated rings. The highest BCUT2D eigenvalue weighted by atomic mass is 16.5. The van der Waals surface area contributed by atoms with Crippen molar-refractivity contribution in [3.8, 4) is 5.75 Å². The van der Waals surface area contributed by atoms with Gasteiger partial charge >= 0.3 is 0 Å². The number of nitrogens with one attached hydrogen (secondary N) is 1. The number of benzene rings is 1. The van der Waals surface area contributed by atoms with Crippen molar-refractivity contribution in [2.75, 3.05) is 13.2 Å². The second-order valence-electron chi connectivity index (χ2n) is 5.23. The van der Waals surface area contributed by atoms with E-state index in [9.17, 15) is 0 Å². The standard InChI is InChI=1S/C17H21NO2/c1-2-9-18-16(14-8-11-19-12-14)15-7-3-5-13-6-4-10-20-17(13)15/h3,5,7-8,11-12,16,18H,2,4,6,9-10H2,1H3. The molecule has 1 unspecified atom stereocenters. The zero-order chi connectivity index (χ0) is 13.8. The van der Waals surface area contributed by atoms with Gasteiger partial charge in [-0.25, -0.2) is 0 Å². The molecule has 1 aliphatic rings. The molecule has 106 valence electrons. The van der Waals surface area contributed by atoms with Crippen molar-refractivity contribution in [2.24, 2.45) is 0 Å². The molecule has 1 N–H and O–H groups in total. The zero-order valence-corrected chi connectivity index (χ0v) is 11.9. The Balaban J connectivity index is 1.98. The van der Waals surface area contributed by atoms with Crippen molar-refractivity contribution in [1.82, 2.24) is 5.32 Å². The van der Waals surface area contributed by atoms with Crippen LogP contribution in [0.25, 0.3) is 0 Å². The average molecular weight is 271 g/mol. The van der Waals surface area contributed by atoms with E-state index in [0.717, 1.165) is 43.7 Å². The number of para-hydroxylation sites is 1. The van der Waals surface area contributed by atoms with E-state index in [1.165, 1.54) is 11.1 Å². The van der Waals surface area contributed by atoms with Crippen LogP contribution in [0.4, 0.5) is 0 Å². The maximum absolute atomic E-state index is 5.94. The van der Waals surface area contributed by atoms with Gasteiger partial charge in [0.25, 0.3) is 0 Å². The summed E-state index contributed by atoms with van der Waals surface area (Å²) in [5, 5.41) is 3.60. The Hall–Kier alpha value is -1.74. The SMILES string of the molecule is CCCNC(c1ccoc1)c1cccc2c1OCCC2. The second-order valence-corrected chi connectivity index (χ2v) is 5.23. The third-order valence-electron chi connectivity index (χ3n) is 3.75. The third kappa shape index (κ3) is 2.59. The predicted molar refractivity (Wildman–Crippen MR) is 79.1 cm³/mol. The molecule has 3 rings (SSSR count). The van der Waals surface area contributed by atoms with Gasteiger partial charge in [0.05, 0.1) is 25.2 Å². The molecule has 0 aliphatic carbocycles. The summed E-state index contributed by atoms with van der Waals surface area (Å²) in [4.78, 5) is 0. The van der Waals surface area contributed by atoms with E-state index in [0.29, 0.717) is 0 Å². The molecular formula is C17H21NO2. The van der Waals surface area contributed by atoms with Gasteiger partial charge in [0, 0.05) is 11.1 Å². The second kappa shape index (κ2) is 6.14. The number of ether oxygens (including phenoxy) is 1. The largest absolute Gasteiger partial charge is 0.493 e. The Bertz CT molecular complexity index is 548. The van der Waals surface area contributed by atoms with Crippen LogP contribution in [-0.2, 0) is 6.42 Å². The molecule has 0 saturated heterocycles. The summed E-state index contributed by atoms with van der Waals surface area (Å²) in [5.74, 6) is 1.06. The van der Waals surface area contributed by atoms with Crippen LogP contribution >= 0.6 is 0 Å². The van der Waals surface area contributed by atoms with Crippen molar-refractivity contribution in [1.29, 1.82) is 0 Å². The molecule has 1 aromatic carbocycles. The quantitative estimate of drug-likeness (QED) is 0.900. The van der Waals surface area contributed by atoms with E-state index < -0.39 is 0 Å². The normalized spacial score (nSPS) is 15.4. The van der Waals surface area contributed by atoms with Gasteiger partial charge in [-0.15, -0.1) is 0 Å². The molecular weight excluding hydrogens is 250 g/mol. The Kier molecular flexibility index (Phi) is 4.07. The molecule has 3 heteroatoms. The molecule has 20 heavy (non-hydrogen) atoms. The van der Waals surface area contributed by atoms with E-state index in [1.54, 1.807) is 6.26 Å². The first-order valence-corrected chi connectivity index (χ1v) is 7.40. The summed E-state index contributed by atoms with van der Waals surface area (Å²) in [6, 6.07) is 8.62. The fourth-order valence-corrected chi connectivity index (χ4v) is 2.78. The van der Waals surface area contributed by atoms with Gasteiger partial charge in [-0.2, -0.15) is 0 Å². The summed E-state index contributed by atoms with van der Waals surface area (Å²) in [6.07, 6.45) is 6.86. The monoisotopic (exact) mass is 271 g/mol. The molecule has 0 radical (unpaired) electrons. The van der Waals surface area contributed by atoms with Crippen LogP contribution in [0.15, 0.2) is 41.2 Å². The van der Waals surface area contributed by atoms with Crippen LogP contribution in [0, 0.1) is 0 Å². The van der Waals surface area contributed by atoms with Gasteiger partial charge in [-0.1, -0.05) is 25.1 Å². The van der Waals surface area contributed by atoms with E-state index in [2.05, 4.69) is 30.4 Å². The van der Waals surface area contributed by atoms with E-state index in [1.807, 2.05) is 12.3 Å². The number of furan rings is 1. The molecule has 2 heterocycles. The molecule has 1 atom stereocenters. The Morgan fingerprint density at radius 1 is 1.30 bits per heavy atom. The Morgan fingerprint density at radius 2 is 2.25 bits per heavy atom. The Morgan fingerprint density at radius 3 is 3.05 bits per heavy atom. The lowest BCUT2D eigenvalue weighted by molar-refractivity contribution is 0.283. The fourth-order valence-electron chi connectivity index (χ4n) is 2.78. The molecule has 0 spiro atoms. The maximum Gasteiger partial charge on any atom is 0.127 e. The molecule has 1 aliphatic heterocycles. The van der Waals surface area contributed by atoms with Crippen molar-refractivity contribution in [2.45, 2.75) is 32.2 Å². The van der Waals surface area contributed by atoms with Crippen LogP contribution in [-0.4, -0.2) is 13.2 Å². The van der Waals surface area contributed by atoms with Crippen molar-refractivity contribution in [3.05, 3.63) is 53.5 Å². The first kappa shape index (κ1) is 13.3. The molecule has 2 aromatic rings. The van der Waals surface area contributed by atoms with E-state index >= 15 is 0 Å². The lowest BCUT2D eigenvalue weighted by Crippen LogP contribution is -2.24. The highest BCUT2D eigenvalue weighted by Crippen LogP contribution is 2.35. The minimum Gasteiger partial charge on any atom is -0.493 e. The molecule has 1 aromatic heterocycles. The number of hydrogen-bond acceptors (Lipinski definition) is 3. The first-order chi connectivity index (χ1) is 9.90. The van der Waals surface area contributed by atoms with Crippen LogP contribution < -0.4 is 10.1 Å². The van der Waals surface area contributed by atoms with Gasteiger partial charge in [-0.3, -0.25) is 0 Å². The highest BCUT2D eigenvalue weighted by Gasteiger charge is 2.22. The number of rotatable bonds is 5. The lowest BCUT2D eigenvalue weighted by Gasteiger charge is -2.25. The van der Waals surface area contributed by atoms with Gasteiger partial charge in [0.2, 0.25) is 0 Å². The predicted octanol–water partition coefficient (Wildman–Crippen LogP) is 3.69. The zero-order valence-electron chi connectivity index (χ0n) is 11.9. The third-order valence-corrected chi connectivity index (χ3v) is 3.75. The smallest absolute Gasteiger partial charge is 0.127 e. The number of aryl methyl sites for hydroxylation is 1. The van der Waals surface area contributed by atoms with Crippen molar-refractivity contribution < 1.29 is 9.15 Å². The fraction of sp³-hybridized carbons (Fsp3) is 0.412. The van der Waals surface area contributed by atoms with Crippen LogP contribution in [0.1, 0.15) is 42.5 Å². The van der Waals surface area contributed by atoms with Gasteiger partial charge in [0.15, 0.2) is 0 Å². The van der Waals surface area contributed by atoms with Crippen molar-refractivity contribution in [3.63, 3.8) is 0 Å². The summed E-state index contributed by atoms with van der Waals surface area (Å²) in [6.45, 7) is 3.96. The number of fused-ring (bicyclic) bond motifs is 1. The van der Waals surface area contributed by atoms with E-state index in [4.69, 9.17) is 9.15 Å². The summed E-state index contributed by atoms with van der Waals surface area (Å²) in [5.41, 5.74) is 3.69. The van der Waals surface area contributed by atoms with Crippen molar-refractivity contribution >= 4 is 0 Å². The molecule has 0 amide bonds. The van der Waals surface area contributed by atoms with Crippen LogP contribution in [0.5, 0.6) is 5.75 Å². The summed E-state index contributed by atoms with van der Waals surface area (Å²) < 4.78 is 11.2. The number of hydrogen-bond donors (Lipinski definition) is 1. The van der Waals surface area contributed by atoms with Crippen LogP contribution in [0.2, 0.25) is 0 Å². The molecule has 3 nitrogen and oxygen atoms in total. The molecule has 0 bridgehead atoms.